The average molecular weight is 377 g/mol. The molecule has 1 N–H and O–H groups in total. The van der Waals surface area contributed by atoms with Gasteiger partial charge in [0.05, 0.1) is 16.2 Å². The van der Waals surface area contributed by atoms with E-state index in [2.05, 4.69) is 10.3 Å². The maximum Gasteiger partial charge on any atom is 0.198 e. The van der Waals surface area contributed by atoms with Gasteiger partial charge >= 0.3 is 0 Å². The van der Waals surface area contributed by atoms with Crippen LogP contribution in [0, 0.1) is 6.92 Å². The second kappa shape index (κ2) is 6.17. The van der Waals surface area contributed by atoms with Crippen LogP contribution in [-0.4, -0.2) is 36.8 Å². The summed E-state index contributed by atoms with van der Waals surface area (Å²) < 4.78 is 25.8. The van der Waals surface area contributed by atoms with Crippen molar-refractivity contribution < 1.29 is 8.42 Å². The summed E-state index contributed by atoms with van der Waals surface area (Å²) in [5, 5.41) is 3.66. The first-order valence-electron chi connectivity index (χ1n) is 6.71. The number of pyridine rings is 1. The third-order valence-corrected chi connectivity index (χ3v) is 7.72. The topological polar surface area (TPSA) is 59.1 Å². The molecule has 1 fully saturated rings. The van der Waals surface area contributed by atoms with Crippen LogP contribution in [0.25, 0.3) is 10.9 Å². The van der Waals surface area contributed by atoms with E-state index in [1.807, 2.05) is 0 Å². The Morgan fingerprint density at radius 1 is 1.36 bits per heavy atom. The van der Waals surface area contributed by atoms with E-state index in [1.54, 1.807) is 36.9 Å². The number of nitrogens with one attached hydrogen (secondary N) is 1. The Morgan fingerprint density at radius 2 is 2.14 bits per heavy atom. The van der Waals surface area contributed by atoms with Crippen LogP contribution >= 0.6 is 35.0 Å². The summed E-state index contributed by atoms with van der Waals surface area (Å²) in [6.45, 7) is 2.33. The zero-order chi connectivity index (χ0) is 15.9. The number of hydrogen-bond donors (Lipinski definition) is 1. The van der Waals surface area contributed by atoms with E-state index in [-0.39, 0.29) is 9.92 Å². The summed E-state index contributed by atoms with van der Waals surface area (Å²) in [6, 6.07) is 5.09. The summed E-state index contributed by atoms with van der Waals surface area (Å²) in [5.74, 6) is 1.41. The highest BCUT2D eigenvalue weighted by atomic mass is 35.5. The molecule has 1 aromatic heterocycles. The number of thioether (sulfide) groups is 1. The van der Waals surface area contributed by atoms with Crippen LogP contribution in [0.15, 0.2) is 23.1 Å². The lowest BCUT2D eigenvalue weighted by molar-refractivity contribution is 0.563. The molecule has 2 aromatic rings. The summed E-state index contributed by atoms with van der Waals surface area (Å²) in [4.78, 5) is 4.48. The maximum atomic E-state index is 12.9. The minimum Gasteiger partial charge on any atom is -0.299 e. The zero-order valence-electron chi connectivity index (χ0n) is 11.8. The smallest absolute Gasteiger partial charge is 0.198 e. The standard InChI is InChI=1S/C14H14Cl2N2O2S2/c1-8-14(22(19,20)12-7-21-5-4-17-12)13(16)10-6-9(15)2-3-11(10)18-8/h2-3,6,12,17H,4-5,7H2,1H3. The summed E-state index contributed by atoms with van der Waals surface area (Å²) in [7, 11) is -3.60. The van der Waals surface area contributed by atoms with Gasteiger partial charge in [-0.15, -0.1) is 0 Å². The molecule has 1 aliphatic rings. The largest absolute Gasteiger partial charge is 0.299 e. The number of nitrogens with zero attached hydrogens (tertiary/aromatic N) is 1. The number of aromatic nitrogens is 1. The Labute approximate surface area is 143 Å². The molecule has 1 aromatic carbocycles. The molecule has 1 saturated heterocycles. The van der Waals surface area contributed by atoms with E-state index >= 15 is 0 Å². The van der Waals surface area contributed by atoms with E-state index in [1.165, 1.54) is 0 Å². The fourth-order valence-electron chi connectivity index (χ4n) is 2.51. The lowest BCUT2D eigenvalue weighted by atomic mass is 10.2. The van der Waals surface area contributed by atoms with Gasteiger partial charge in [-0.2, -0.15) is 11.8 Å². The van der Waals surface area contributed by atoms with Crippen molar-refractivity contribution in [2.24, 2.45) is 0 Å². The normalized spacial score (nSPS) is 19.5. The van der Waals surface area contributed by atoms with Gasteiger partial charge in [0.2, 0.25) is 0 Å². The van der Waals surface area contributed by atoms with Crippen LogP contribution in [0.1, 0.15) is 5.69 Å². The Kier molecular flexibility index (Phi) is 4.58. The molecule has 1 aliphatic heterocycles. The first-order valence-corrected chi connectivity index (χ1v) is 10.2. The predicted molar refractivity (Wildman–Crippen MR) is 92.8 cm³/mol. The highest BCUT2D eigenvalue weighted by molar-refractivity contribution is 8.01. The highest BCUT2D eigenvalue weighted by Crippen LogP contribution is 2.35. The SMILES string of the molecule is Cc1nc2ccc(Cl)cc2c(Cl)c1S(=O)(=O)C1CSCCN1. The summed E-state index contributed by atoms with van der Waals surface area (Å²) in [5.41, 5.74) is 1.05. The molecule has 0 amide bonds. The van der Waals surface area contributed by atoms with Gasteiger partial charge in [-0.25, -0.2) is 8.42 Å². The molecule has 1 unspecified atom stereocenters. The molecule has 0 saturated carbocycles. The predicted octanol–water partition coefficient (Wildman–Crippen LogP) is 3.29. The lowest BCUT2D eigenvalue weighted by Crippen LogP contribution is -2.43. The van der Waals surface area contributed by atoms with E-state index in [4.69, 9.17) is 23.2 Å². The molecule has 0 bridgehead atoms. The number of halogens is 2. The Balaban J connectivity index is 2.21. The van der Waals surface area contributed by atoms with E-state index in [0.717, 1.165) is 5.75 Å². The van der Waals surface area contributed by atoms with Gasteiger partial charge in [-0.1, -0.05) is 23.2 Å². The van der Waals surface area contributed by atoms with E-state index in [0.29, 0.717) is 33.9 Å². The van der Waals surface area contributed by atoms with Crippen LogP contribution in [0.4, 0.5) is 0 Å². The van der Waals surface area contributed by atoms with Crippen LogP contribution < -0.4 is 5.32 Å². The number of fused-ring (bicyclic) bond motifs is 1. The lowest BCUT2D eigenvalue weighted by Gasteiger charge is -2.24. The maximum absolute atomic E-state index is 12.9. The molecule has 4 nitrogen and oxygen atoms in total. The summed E-state index contributed by atoms with van der Waals surface area (Å²) >= 11 is 14.0. The molecule has 0 spiro atoms. The van der Waals surface area contributed by atoms with Gasteiger partial charge in [0.25, 0.3) is 0 Å². The van der Waals surface area contributed by atoms with Crippen LogP contribution in [-0.2, 0) is 9.84 Å². The van der Waals surface area contributed by atoms with Crippen LogP contribution in [0.5, 0.6) is 0 Å². The molecule has 0 aliphatic carbocycles. The molecule has 22 heavy (non-hydrogen) atoms. The molecular weight excluding hydrogens is 363 g/mol. The van der Waals surface area contributed by atoms with Gasteiger partial charge in [0.1, 0.15) is 10.3 Å². The quantitative estimate of drug-likeness (QED) is 0.871. The van der Waals surface area contributed by atoms with E-state index in [9.17, 15) is 8.42 Å². The van der Waals surface area contributed by atoms with Crippen molar-refractivity contribution in [2.45, 2.75) is 17.2 Å². The summed E-state index contributed by atoms with van der Waals surface area (Å²) in [6.07, 6.45) is 0. The van der Waals surface area contributed by atoms with Crippen molar-refractivity contribution in [1.29, 1.82) is 0 Å². The van der Waals surface area contributed by atoms with Gasteiger partial charge < -0.3 is 0 Å². The van der Waals surface area contributed by atoms with Crippen LogP contribution in [0.2, 0.25) is 10.0 Å². The molecule has 0 radical (unpaired) electrons. The van der Waals surface area contributed by atoms with Crippen molar-refractivity contribution in [3.8, 4) is 0 Å². The fourth-order valence-corrected chi connectivity index (χ4v) is 6.50. The first-order chi connectivity index (χ1) is 10.4. The molecular formula is C14H14Cl2N2O2S2. The van der Waals surface area contributed by atoms with Gasteiger partial charge in [0, 0.05) is 28.5 Å². The van der Waals surface area contributed by atoms with E-state index < -0.39 is 15.2 Å². The number of benzene rings is 1. The number of aryl methyl sites for hydroxylation is 1. The number of hydrogen-bond acceptors (Lipinski definition) is 5. The minimum atomic E-state index is -3.60. The first kappa shape index (κ1) is 16.3. The Hall–Kier alpha value is -0.530. The fraction of sp³-hybridized carbons (Fsp3) is 0.357. The van der Waals surface area contributed by atoms with Crippen molar-refractivity contribution in [2.75, 3.05) is 18.1 Å². The van der Waals surface area contributed by atoms with Gasteiger partial charge in [0.15, 0.2) is 9.84 Å². The van der Waals surface area contributed by atoms with Gasteiger partial charge in [-0.3, -0.25) is 10.3 Å². The van der Waals surface area contributed by atoms with Crippen molar-refractivity contribution in [3.63, 3.8) is 0 Å². The zero-order valence-corrected chi connectivity index (χ0v) is 14.9. The van der Waals surface area contributed by atoms with Crippen molar-refractivity contribution in [1.82, 2.24) is 10.3 Å². The second-order valence-electron chi connectivity index (χ2n) is 5.06. The molecule has 1 atom stereocenters. The average Bonchev–Trinajstić information content (AvgIpc) is 2.49. The third-order valence-electron chi connectivity index (χ3n) is 3.56. The second-order valence-corrected chi connectivity index (χ2v) is 9.10. The monoisotopic (exact) mass is 376 g/mol. The Morgan fingerprint density at radius 3 is 2.82 bits per heavy atom. The molecule has 2 heterocycles. The minimum absolute atomic E-state index is 0.101. The highest BCUT2D eigenvalue weighted by Gasteiger charge is 2.33. The number of sulfone groups is 1. The molecule has 8 heteroatoms. The third kappa shape index (κ3) is 2.83. The molecule has 3 rings (SSSR count). The number of rotatable bonds is 2. The van der Waals surface area contributed by atoms with Crippen molar-refractivity contribution in [3.05, 3.63) is 33.9 Å². The Bertz CT molecular complexity index is 834. The molecule has 118 valence electrons. The van der Waals surface area contributed by atoms with Crippen molar-refractivity contribution >= 4 is 55.7 Å². The van der Waals surface area contributed by atoms with Crippen LogP contribution in [0.3, 0.4) is 0 Å². The van der Waals surface area contributed by atoms with Gasteiger partial charge in [-0.05, 0) is 25.1 Å².